The summed E-state index contributed by atoms with van der Waals surface area (Å²) in [5, 5.41) is 47.7. The van der Waals surface area contributed by atoms with Gasteiger partial charge in [-0.05, 0) is 37.5 Å². The lowest BCUT2D eigenvalue weighted by atomic mass is 9.49. The zero-order chi connectivity index (χ0) is 30.1. The molecular weight excluding hydrogens is 532 g/mol. The summed E-state index contributed by atoms with van der Waals surface area (Å²) in [7, 11) is 0. The van der Waals surface area contributed by atoms with Crippen LogP contribution in [0.2, 0.25) is 0 Å². The van der Waals surface area contributed by atoms with Gasteiger partial charge in [-0.2, -0.15) is 0 Å². The van der Waals surface area contributed by atoms with Gasteiger partial charge in [-0.15, -0.1) is 0 Å². The van der Waals surface area contributed by atoms with Crippen LogP contribution in [0.5, 0.6) is 0 Å². The average molecular weight is 575 g/mol. The molecule has 10 heteroatoms. The van der Waals surface area contributed by atoms with Gasteiger partial charge in [0.05, 0.1) is 42.5 Å². The maximum Gasteiger partial charge on any atom is 0.303 e. The number of aliphatic hydroxyl groups is 4. The summed E-state index contributed by atoms with van der Waals surface area (Å²) in [5.41, 5.74) is -4.17. The summed E-state index contributed by atoms with van der Waals surface area (Å²) >= 11 is 0. The molecule has 226 valence electrons. The highest BCUT2D eigenvalue weighted by Gasteiger charge is 2.78. The predicted molar refractivity (Wildman–Crippen MR) is 145 cm³/mol. The molecule has 10 nitrogen and oxygen atoms in total. The van der Waals surface area contributed by atoms with Crippen LogP contribution in [0.25, 0.3) is 0 Å². The molecule has 1 aliphatic heterocycles. The van der Waals surface area contributed by atoms with E-state index in [1.165, 1.54) is 13.8 Å². The van der Waals surface area contributed by atoms with Gasteiger partial charge in [0.25, 0.3) is 0 Å². The summed E-state index contributed by atoms with van der Waals surface area (Å²) in [6, 6.07) is 9.41. The molecule has 1 aromatic rings. The maximum absolute atomic E-state index is 12.6. The molecule has 0 bridgehead atoms. The molecule has 3 fully saturated rings. The van der Waals surface area contributed by atoms with Crippen LogP contribution in [0.15, 0.2) is 41.5 Å². The van der Waals surface area contributed by atoms with E-state index in [0.29, 0.717) is 11.1 Å². The van der Waals surface area contributed by atoms with Crippen molar-refractivity contribution in [1.29, 1.82) is 0 Å². The molecule has 2 saturated carbocycles. The van der Waals surface area contributed by atoms with Crippen molar-refractivity contribution in [1.82, 2.24) is 0 Å². The van der Waals surface area contributed by atoms with Gasteiger partial charge in [-0.1, -0.05) is 37.3 Å². The quantitative estimate of drug-likeness (QED) is 0.292. The Bertz CT molecular complexity index is 1220. The number of esters is 2. The largest absolute Gasteiger partial charge is 0.458 e. The SMILES string of the molecule is CC(=O)O[C@H]1C[C@]2(C(C)(C)O)C(=C1C)[C@@H](O)[C@H](O)[C@@]1(C)[C@H]([C@@H]2OCc2ccccc2)[C@]2(OC(C)=O)CO[C@@H]2C[C@@H]1O. The smallest absolute Gasteiger partial charge is 0.303 e. The van der Waals surface area contributed by atoms with Gasteiger partial charge in [0.1, 0.15) is 18.3 Å². The Morgan fingerprint density at radius 1 is 1.10 bits per heavy atom. The van der Waals surface area contributed by atoms with Gasteiger partial charge in [-0.3, -0.25) is 9.59 Å². The van der Waals surface area contributed by atoms with E-state index in [9.17, 15) is 30.0 Å². The van der Waals surface area contributed by atoms with Gasteiger partial charge >= 0.3 is 11.9 Å². The summed E-state index contributed by atoms with van der Waals surface area (Å²) in [6.07, 6.45) is -6.70. The molecule has 1 saturated heterocycles. The minimum atomic E-state index is -1.61. The van der Waals surface area contributed by atoms with Crippen molar-refractivity contribution in [2.24, 2.45) is 16.7 Å². The van der Waals surface area contributed by atoms with Gasteiger partial charge in [0.15, 0.2) is 5.60 Å². The molecule has 5 rings (SSSR count). The normalized spacial score (nSPS) is 41.9. The average Bonchev–Trinajstić information content (AvgIpc) is 3.15. The van der Waals surface area contributed by atoms with Crippen molar-refractivity contribution in [3.8, 4) is 0 Å². The Morgan fingerprint density at radius 3 is 2.29 bits per heavy atom. The van der Waals surface area contributed by atoms with Crippen LogP contribution < -0.4 is 0 Å². The monoisotopic (exact) mass is 574 g/mol. The first-order chi connectivity index (χ1) is 19.1. The number of carbonyl (C=O) groups is 2. The van der Waals surface area contributed by atoms with Crippen molar-refractivity contribution in [3.05, 3.63) is 47.0 Å². The van der Waals surface area contributed by atoms with Crippen molar-refractivity contribution in [2.45, 2.75) is 109 Å². The highest BCUT2D eigenvalue weighted by molar-refractivity contribution is 5.67. The third-order valence-corrected chi connectivity index (χ3v) is 10.3. The summed E-state index contributed by atoms with van der Waals surface area (Å²) in [5.74, 6) is -2.04. The van der Waals surface area contributed by atoms with E-state index in [2.05, 4.69) is 0 Å². The van der Waals surface area contributed by atoms with E-state index in [0.717, 1.165) is 5.56 Å². The van der Waals surface area contributed by atoms with Gasteiger partial charge in [0, 0.05) is 38.0 Å². The minimum Gasteiger partial charge on any atom is -0.458 e. The standard InChI is InChI=1S/C31H42O10/c1-16-20(40-17(2)32)13-30(28(4,5)37)23(16)24(35)26(36)29(6)21(34)12-22-31(15-39-22,41-18(3)33)25(29)27(30)38-14-19-10-8-7-9-11-19/h7-11,20-22,24-27,34-37H,12-15H2,1-6H3/t20-,21-,22+,24+,25-,26-,27-,29+,30-,31-/m0/s1. The molecule has 4 aliphatic rings. The molecule has 0 aromatic heterocycles. The van der Waals surface area contributed by atoms with Crippen molar-refractivity contribution in [2.75, 3.05) is 6.61 Å². The molecule has 4 N–H and O–H groups in total. The van der Waals surface area contributed by atoms with E-state index in [1.54, 1.807) is 27.7 Å². The molecule has 0 unspecified atom stereocenters. The minimum absolute atomic E-state index is 0.00836. The van der Waals surface area contributed by atoms with Crippen LogP contribution in [0.3, 0.4) is 0 Å². The van der Waals surface area contributed by atoms with Crippen LogP contribution in [0, 0.1) is 16.7 Å². The van der Waals surface area contributed by atoms with E-state index in [4.69, 9.17) is 18.9 Å². The number of rotatable bonds is 6. The van der Waals surface area contributed by atoms with Crippen LogP contribution in [-0.2, 0) is 35.1 Å². The molecule has 0 radical (unpaired) electrons. The van der Waals surface area contributed by atoms with Crippen molar-refractivity contribution >= 4 is 11.9 Å². The van der Waals surface area contributed by atoms with Gasteiger partial charge in [0.2, 0.25) is 0 Å². The van der Waals surface area contributed by atoms with E-state index >= 15 is 0 Å². The first kappa shape index (κ1) is 30.1. The van der Waals surface area contributed by atoms with E-state index < -0.39 is 76.5 Å². The van der Waals surface area contributed by atoms with E-state index in [1.807, 2.05) is 30.3 Å². The molecule has 3 aliphatic carbocycles. The van der Waals surface area contributed by atoms with Crippen LogP contribution >= 0.6 is 0 Å². The second kappa shape index (κ2) is 10.1. The highest BCUT2D eigenvalue weighted by Crippen LogP contribution is 2.67. The number of fused-ring (bicyclic) bond motifs is 4. The predicted octanol–water partition coefficient (Wildman–Crippen LogP) is 1.80. The van der Waals surface area contributed by atoms with Crippen molar-refractivity contribution < 1.29 is 49.0 Å². The molecule has 1 aromatic carbocycles. The Labute approximate surface area is 240 Å². The first-order valence-corrected chi connectivity index (χ1v) is 14.2. The highest BCUT2D eigenvalue weighted by atomic mass is 16.6. The second-order valence-corrected chi connectivity index (χ2v) is 13.0. The Balaban J connectivity index is 1.81. The maximum atomic E-state index is 12.6. The fourth-order valence-electron chi connectivity index (χ4n) is 8.39. The lowest BCUT2D eigenvalue weighted by Gasteiger charge is -2.65. The van der Waals surface area contributed by atoms with Crippen LogP contribution in [0.4, 0.5) is 0 Å². The zero-order valence-electron chi connectivity index (χ0n) is 24.5. The topological polar surface area (TPSA) is 152 Å². The number of aliphatic hydroxyl groups excluding tert-OH is 3. The third kappa shape index (κ3) is 4.29. The second-order valence-electron chi connectivity index (χ2n) is 13.0. The number of hydrogen-bond donors (Lipinski definition) is 4. The van der Waals surface area contributed by atoms with Crippen LogP contribution in [-0.4, -0.2) is 86.8 Å². The lowest BCUT2D eigenvalue weighted by Crippen LogP contribution is -2.78. The lowest BCUT2D eigenvalue weighted by molar-refractivity contribution is -0.355. The zero-order valence-corrected chi connectivity index (χ0v) is 24.5. The Kier molecular flexibility index (Phi) is 7.45. The fraction of sp³-hybridized carbons (Fsp3) is 0.677. The molecule has 41 heavy (non-hydrogen) atoms. The summed E-state index contributed by atoms with van der Waals surface area (Å²) < 4.78 is 24.4. The number of benzene rings is 1. The molecule has 0 spiro atoms. The molecule has 0 amide bonds. The number of carbonyl (C=O) groups excluding carboxylic acids is 2. The summed E-state index contributed by atoms with van der Waals surface area (Å²) in [4.78, 5) is 24.7. The molecule has 1 heterocycles. The van der Waals surface area contributed by atoms with Gasteiger partial charge in [-0.25, -0.2) is 0 Å². The Morgan fingerprint density at radius 2 is 1.76 bits per heavy atom. The fourth-order valence-corrected chi connectivity index (χ4v) is 8.39. The number of hydrogen-bond acceptors (Lipinski definition) is 10. The first-order valence-electron chi connectivity index (χ1n) is 14.2. The van der Waals surface area contributed by atoms with Crippen molar-refractivity contribution in [3.63, 3.8) is 0 Å². The molecular formula is C31H42O10. The van der Waals surface area contributed by atoms with Gasteiger partial charge < -0.3 is 39.4 Å². The number of ether oxygens (including phenoxy) is 4. The van der Waals surface area contributed by atoms with E-state index in [-0.39, 0.29) is 26.1 Å². The Hall–Kier alpha value is -2.34. The summed E-state index contributed by atoms with van der Waals surface area (Å²) in [6.45, 7) is 9.25. The third-order valence-electron chi connectivity index (χ3n) is 10.3. The van der Waals surface area contributed by atoms with Crippen LogP contribution in [0.1, 0.15) is 59.9 Å². The molecule has 10 atom stereocenters.